The van der Waals surface area contributed by atoms with Gasteiger partial charge < -0.3 is 5.11 Å². The van der Waals surface area contributed by atoms with E-state index in [4.69, 9.17) is 5.11 Å². The summed E-state index contributed by atoms with van der Waals surface area (Å²) in [5.74, 6) is 0.138. The molecule has 1 aromatic carbocycles. The molecule has 4 heteroatoms. The molecule has 1 N–H and O–H groups in total. The van der Waals surface area contributed by atoms with Crippen LogP contribution in [0.15, 0.2) is 48.9 Å². The van der Waals surface area contributed by atoms with Crippen LogP contribution >= 0.6 is 0 Å². The van der Waals surface area contributed by atoms with Crippen molar-refractivity contribution in [3.8, 4) is 11.3 Å². The Bertz CT molecular complexity index is 516. The zero-order valence-electron chi connectivity index (χ0n) is 9.31. The van der Waals surface area contributed by atoms with Crippen molar-refractivity contribution in [2.24, 2.45) is 0 Å². The number of hydrogen-bond acceptors (Lipinski definition) is 2. The maximum atomic E-state index is 12.3. The van der Waals surface area contributed by atoms with E-state index in [9.17, 15) is 4.39 Å². The monoisotopic (exact) mass is 232 g/mol. The van der Waals surface area contributed by atoms with Crippen LogP contribution in [0.25, 0.3) is 11.3 Å². The highest BCUT2D eigenvalue weighted by Crippen LogP contribution is 2.18. The fraction of sp³-hybridized carbons (Fsp3) is 0.154. The van der Waals surface area contributed by atoms with E-state index in [1.807, 2.05) is 24.3 Å². The van der Waals surface area contributed by atoms with Crippen LogP contribution in [-0.2, 0) is 13.2 Å². The number of nitrogens with zero attached hydrogens (tertiary/aromatic N) is 2. The molecule has 0 spiro atoms. The van der Waals surface area contributed by atoms with Crippen LogP contribution in [-0.4, -0.2) is 14.9 Å². The molecule has 0 aliphatic heterocycles. The molecule has 1 aromatic heterocycles. The standard InChI is InChI=1S/C13H13FN2O/c1-10(17)8-11-2-4-12(5-3-11)13-6-7-16(9-14)15-13/h2-7,17H,1,8-9H2. The van der Waals surface area contributed by atoms with Crippen molar-refractivity contribution in [2.45, 2.75) is 13.2 Å². The number of allylic oxidation sites excluding steroid dienone is 1. The van der Waals surface area contributed by atoms with Gasteiger partial charge in [-0.2, -0.15) is 5.10 Å². The summed E-state index contributed by atoms with van der Waals surface area (Å²) in [6, 6.07) is 9.34. The molecule has 0 bridgehead atoms. The van der Waals surface area contributed by atoms with Gasteiger partial charge in [-0.15, -0.1) is 0 Å². The zero-order chi connectivity index (χ0) is 12.3. The molecule has 3 nitrogen and oxygen atoms in total. The van der Waals surface area contributed by atoms with Crippen molar-refractivity contribution in [3.05, 3.63) is 54.4 Å². The highest BCUT2D eigenvalue weighted by Gasteiger charge is 2.02. The minimum absolute atomic E-state index is 0.138. The van der Waals surface area contributed by atoms with Gasteiger partial charge in [0.1, 0.15) is 0 Å². The van der Waals surface area contributed by atoms with E-state index < -0.39 is 6.80 Å². The number of rotatable bonds is 4. The Morgan fingerprint density at radius 3 is 2.53 bits per heavy atom. The minimum Gasteiger partial charge on any atom is -0.513 e. The van der Waals surface area contributed by atoms with Gasteiger partial charge in [0.05, 0.1) is 11.5 Å². The van der Waals surface area contributed by atoms with Crippen LogP contribution in [0.4, 0.5) is 4.39 Å². The number of benzene rings is 1. The predicted octanol–water partition coefficient (Wildman–Crippen LogP) is 3.09. The van der Waals surface area contributed by atoms with Gasteiger partial charge in [-0.05, 0) is 11.6 Å². The Hall–Kier alpha value is -2.10. The van der Waals surface area contributed by atoms with Gasteiger partial charge in [-0.1, -0.05) is 30.8 Å². The van der Waals surface area contributed by atoms with Crippen molar-refractivity contribution in [1.29, 1.82) is 0 Å². The molecule has 17 heavy (non-hydrogen) atoms. The summed E-state index contributed by atoms with van der Waals surface area (Å²) in [6.07, 6.45) is 2.04. The third-order valence-electron chi connectivity index (χ3n) is 2.42. The summed E-state index contributed by atoms with van der Waals surface area (Å²) in [6.45, 7) is 2.82. The molecule has 0 atom stereocenters. The summed E-state index contributed by atoms with van der Waals surface area (Å²) in [7, 11) is 0. The number of hydrogen-bond donors (Lipinski definition) is 1. The van der Waals surface area contributed by atoms with E-state index >= 15 is 0 Å². The van der Waals surface area contributed by atoms with E-state index in [-0.39, 0.29) is 5.76 Å². The quantitative estimate of drug-likeness (QED) is 0.822. The van der Waals surface area contributed by atoms with Crippen LogP contribution in [0.5, 0.6) is 0 Å². The normalized spacial score (nSPS) is 10.4. The van der Waals surface area contributed by atoms with E-state index in [1.54, 1.807) is 12.3 Å². The first-order chi connectivity index (χ1) is 8.19. The Balaban J connectivity index is 2.19. The van der Waals surface area contributed by atoms with Crippen molar-refractivity contribution in [1.82, 2.24) is 9.78 Å². The van der Waals surface area contributed by atoms with Crippen molar-refractivity contribution >= 4 is 0 Å². The van der Waals surface area contributed by atoms with Gasteiger partial charge in [0.2, 0.25) is 0 Å². The van der Waals surface area contributed by atoms with Gasteiger partial charge in [-0.25, -0.2) is 9.07 Å². The zero-order valence-corrected chi connectivity index (χ0v) is 9.31. The third kappa shape index (κ3) is 2.72. The lowest BCUT2D eigenvalue weighted by Crippen LogP contribution is -1.93. The smallest absolute Gasteiger partial charge is 0.181 e. The molecule has 0 amide bonds. The van der Waals surface area contributed by atoms with Gasteiger partial charge in [0.15, 0.2) is 6.80 Å². The fourth-order valence-corrected chi connectivity index (χ4v) is 1.61. The molecular formula is C13H13FN2O. The second-order valence-electron chi connectivity index (χ2n) is 3.80. The van der Waals surface area contributed by atoms with E-state index in [1.165, 1.54) is 4.68 Å². The van der Waals surface area contributed by atoms with Crippen LogP contribution in [0.3, 0.4) is 0 Å². The molecule has 2 aromatic rings. The van der Waals surface area contributed by atoms with E-state index in [0.29, 0.717) is 6.42 Å². The second kappa shape index (κ2) is 4.82. The van der Waals surface area contributed by atoms with Crippen molar-refractivity contribution in [3.63, 3.8) is 0 Å². The number of aliphatic hydroxyl groups excluding tert-OH is 1. The van der Waals surface area contributed by atoms with E-state index in [2.05, 4.69) is 11.7 Å². The number of alkyl halides is 1. The largest absolute Gasteiger partial charge is 0.513 e. The molecule has 1 heterocycles. The fourth-order valence-electron chi connectivity index (χ4n) is 1.61. The minimum atomic E-state index is -0.623. The van der Waals surface area contributed by atoms with Crippen LogP contribution < -0.4 is 0 Å². The first kappa shape index (κ1) is 11.4. The Labute approximate surface area is 98.8 Å². The van der Waals surface area contributed by atoms with Crippen molar-refractivity contribution < 1.29 is 9.50 Å². The summed E-state index contributed by atoms with van der Waals surface area (Å²) in [4.78, 5) is 0. The Morgan fingerprint density at radius 2 is 2.00 bits per heavy atom. The van der Waals surface area contributed by atoms with Gasteiger partial charge in [0.25, 0.3) is 0 Å². The van der Waals surface area contributed by atoms with Gasteiger partial charge in [-0.3, -0.25) is 0 Å². The SMILES string of the molecule is C=C(O)Cc1ccc(-c2ccn(CF)n2)cc1. The first-order valence-electron chi connectivity index (χ1n) is 5.24. The molecule has 0 saturated heterocycles. The molecule has 88 valence electrons. The lowest BCUT2D eigenvalue weighted by Gasteiger charge is -2.01. The van der Waals surface area contributed by atoms with E-state index in [0.717, 1.165) is 16.8 Å². The molecule has 0 aliphatic carbocycles. The molecule has 0 unspecified atom stereocenters. The molecule has 0 aliphatic rings. The van der Waals surface area contributed by atoms with Crippen LogP contribution in [0, 0.1) is 0 Å². The number of halogens is 1. The van der Waals surface area contributed by atoms with Crippen molar-refractivity contribution in [2.75, 3.05) is 0 Å². The summed E-state index contributed by atoms with van der Waals surface area (Å²) >= 11 is 0. The van der Waals surface area contributed by atoms with Crippen LogP contribution in [0.1, 0.15) is 5.56 Å². The highest BCUT2D eigenvalue weighted by molar-refractivity contribution is 5.58. The summed E-state index contributed by atoms with van der Waals surface area (Å²) in [5, 5.41) is 13.1. The molecular weight excluding hydrogens is 219 g/mol. The maximum absolute atomic E-state index is 12.3. The van der Waals surface area contributed by atoms with Gasteiger partial charge >= 0.3 is 0 Å². The topological polar surface area (TPSA) is 38.0 Å². The number of aromatic nitrogens is 2. The first-order valence-corrected chi connectivity index (χ1v) is 5.24. The highest BCUT2D eigenvalue weighted by atomic mass is 19.1. The number of aliphatic hydroxyl groups is 1. The van der Waals surface area contributed by atoms with Gasteiger partial charge in [0, 0.05) is 18.2 Å². The summed E-state index contributed by atoms with van der Waals surface area (Å²) in [5.41, 5.74) is 2.63. The summed E-state index contributed by atoms with van der Waals surface area (Å²) < 4.78 is 13.6. The molecule has 2 rings (SSSR count). The van der Waals surface area contributed by atoms with Crippen LogP contribution in [0.2, 0.25) is 0 Å². The second-order valence-corrected chi connectivity index (χ2v) is 3.80. The Morgan fingerprint density at radius 1 is 1.29 bits per heavy atom. The predicted molar refractivity (Wildman–Crippen MR) is 64.2 cm³/mol. The molecule has 0 fully saturated rings. The average Bonchev–Trinajstić information content (AvgIpc) is 2.78. The lowest BCUT2D eigenvalue weighted by atomic mass is 10.1. The lowest BCUT2D eigenvalue weighted by molar-refractivity contribution is 0.350. The Kier molecular flexibility index (Phi) is 3.23. The maximum Gasteiger partial charge on any atom is 0.181 e. The third-order valence-corrected chi connectivity index (χ3v) is 2.42. The molecule has 0 radical (unpaired) electrons. The average molecular weight is 232 g/mol. The molecule has 0 saturated carbocycles.